The van der Waals surface area contributed by atoms with Crippen LogP contribution in [0.25, 0.3) is 10.2 Å². The number of amides is 1. The number of carbonyl (C=O) groups excluding carboxylic acids is 1. The SMILES string of the molecule is CCCCc1ccc2nc(NC(=O)c3ccc(N4CCCCC4)c([N+](=O)[O-])c3)sc2c1. The maximum atomic E-state index is 12.8. The van der Waals surface area contributed by atoms with Gasteiger partial charge in [0.2, 0.25) is 0 Å². The van der Waals surface area contributed by atoms with Crippen molar-refractivity contribution in [3.63, 3.8) is 0 Å². The Balaban J connectivity index is 1.53. The number of anilines is 2. The van der Waals surface area contributed by atoms with E-state index in [2.05, 4.69) is 29.4 Å². The molecule has 0 saturated carbocycles. The summed E-state index contributed by atoms with van der Waals surface area (Å²) in [5.41, 5.74) is 2.92. The van der Waals surface area contributed by atoms with E-state index in [1.54, 1.807) is 12.1 Å². The number of nitro groups is 1. The number of aryl methyl sites for hydroxylation is 1. The summed E-state index contributed by atoms with van der Waals surface area (Å²) in [4.78, 5) is 30.6. The molecule has 7 nitrogen and oxygen atoms in total. The summed E-state index contributed by atoms with van der Waals surface area (Å²) >= 11 is 1.42. The lowest BCUT2D eigenvalue weighted by Gasteiger charge is -2.28. The lowest BCUT2D eigenvalue weighted by molar-refractivity contribution is -0.384. The van der Waals surface area contributed by atoms with Crippen molar-refractivity contribution in [2.24, 2.45) is 0 Å². The maximum absolute atomic E-state index is 12.8. The summed E-state index contributed by atoms with van der Waals surface area (Å²) in [6.45, 7) is 3.78. The first-order valence-electron chi connectivity index (χ1n) is 10.8. The number of hydrogen-bond donors (Lipinski definition) is 1. The van der Waals surface area contributed by atoms with Gasteiger partial charge in [-0.15, -0.1) is 0 Å². The maximum Gasteiger partial charge on any atom is 0.293 e. The zero-order valence-electron chi connectivity index (χ0n) is 17.6. The molecule has 1 aliphatic rings. The smallest absolute Gasteiger partial charge is 0.293 e. The molecule has 1 amide bonds. The van der Waals surface area contributed by atoms with Gasteiger partial charge in [-0.2, -0.15) is 0 Å². The lowest BCUT2D eigenvalue weighted by Crippen LogP contribution is -2.30. The van der Waals surface area contributed by atoms with Crippen LogP contribution in [0.2, 0.25) is 0 Å². The van der Waals surface area contributed by atoms with Crippen LogP contribution >= 0.6 is 11.3 Å². The predicted octanol–water partition coefficient (Wildman–Crippen LogP) is 5.79. The van der Waals surface area contributed by atoms with E-state index in [0.717, 1.165) is 61.8 Å². The number of nitrogens with one attached hydrogen (secondary N) is 1. The van der Waals surface area contributed by atoms with Gasteiger partial charge in [-0.3, -0.25) is 20.2 Å². The van der Waals surface area contributed by atoms with Crippen molar-refractivity contribution in [3.8, 4) is 0 Å². The van der Waals surface area contributed by atoms with E-state index in [4.69, 9.17) is 0 Å². The minimum atomic E-state index is -0.407. The molecule has 0 radical (unpaired) electrons. The highest BCUT2D eigenvalue weighted by Gasteiger charge is 2.23. The number of hydrogen-bond acceptors (Lipinski definition) is 6. The second-order valence-corrected chi connectivity index (χ2v) is 8.92. The summed E-state index contributed by atoms with van der Waals surface area (Å²) in [5, 5.41) is 15.0. The third kappa shape index (κ3) is 4.85. The molecule has 1 N–H and O–H groups in total. The topological polar surface area (TPSA) is 88.4 Å². The summed E-state index contributed by atoms with van der Waals surface area (Å²) in [5.74, 6) is -0.390. The van der Waals surface area contributed by atoms with Crippen molar-refractivity contribution < 1.29 is 9.72 Å². The molecule has 0 aliphatic carbocycles. The molecule has 162 valence electrons. The Hall–Kier alpha value is -3.00. The normalized spacial score (nSPS) is 14.0. The number of fused-ring (bicyclic) bond motifs is 1. The predicted molar refractivity (Wildman–Crippen MR) is 125 cm³/mol. The number of piperidine rings is 1. The Kier molecular flexibility index (Phi) is 6.46. The van der Waals surface area contributed by atoms with Crippen LogP contribution in [0.3, 0.4) is 0 Å². The van der Waals surface area contributed by atoms with Gasteiger partial charge in [0.05, 0.1) is 15.1 Å². The molecule has 0 bridgehead atoms. The molecule has 0 spiro atoms. The highest BCUT2D eigenvalue weighted by molar-refractivity contribution is 7.22. The molecule has 8 heteroatoms. The molecule has 3 aromatic rings. The van der Waals surface area contributed by atoms with E-state index in [0.29, 0.717) is 10.8 Å². The molecule has 2 heterocycles. The van der Waals surface area contributed by atoms with E-state index >= 15 is 0 Å². The van der Waals surface area contributed by atoms with Crippen molar-refractivity contribution in [2.75, 3.05) is 23.3 Å². The molecule has 1 aliphatic heterocycles. The van der Waals surface area contributed by atoms with E-state index in [-0.39, 0.29) is 11.3 Å². The number of nitrogens with zero attached hydrogens (tertiary/aromatic N) is 3. The molecular weight excluding hydrogens is 412 g/mol. The minimum absolute atomic E-state index is 0.0283. The number of unbranched alkanes of at least 4 members (excludes halogenated alkanes) is 1. The van der Waals surface area contributed by atoms with Crippen molar-refractivity contribution in [2.45, 2.75) is 45.4 Å². The van der Waals surface area contributed by atoms with Gasteiger partial charge < -0.3 is 4.90 Å². The third-order valence-corrected chi connectivity index (χ3v) is 6.56. The Morgan fingerprint density at radius 3 is 2.74 bits per heavy atom. The van der Waals surface area contributed by atoms with Gasteiger partial charge in [-0.1, -0.05) is 30.7 Å². The van der Waals surface area contributed by atoms with Gasteiger partial charge in [0.1, 0.15) is 5.69 Å². The number of thiazole rings is 1. The van der Waals surface area contributed by atoms with Crippen molar-refractivity contribution in [1.82, 2.24) is 4.98 Å². The van der Waals surface area contributed by atoms with Crippen molar-refractivity contribution >= 4 is 44.0 Å². The van der Waals surface area contributed by atoms with E-state index < -0.39 is 10.8 Å². The van der Waals surface area contributed by atoms with E-state index in [1.807, 2.05) is 11.0 Å². The molecule has 1 saturated heterocycles. The molecule has 0 atom stereocenters. The van der Waals surface area contributed by atoms with Crippen LogP contribution in [0.5, 0.6) is 0 Å². The largest absolute Gasteiger partial charge is 0.366 e. The standard InChI is InChI=1S/C23H26N4O3S/c1-2-3-7-16-8-10-18-21(14-16)31-23(24-18)25-22(28)17-9-11-19(20(15-17)27(29)30)26-12-5-4-6-13-26/h8-11,14-15H,2-7,12-13H2,1H3,(H,24,25,28). The first-order chi connectivity index (χ1) is 15.0. The molecule has 2 aromatic carbocycles. The van der Waals surface area contributed by atoms with Crippen LogP contribution in [0, 0.1) is 10.1 Å². The minimum Gasteiger partial charge on any atom is -0.366 e. The zero-order valence-corrected chi connectivity index (χ0v) is 18.4. The molecule has 1 aromatic heterocycles. The van der Waals surface area contributed by atoms with Gasteiger partial charge in [-0.05, 0) is 61.9 Å². The van der Waals surface area contributed by atoms with E-state index in [1.165, 1.54) is 23.0 Å². The quantitative estimate of drug-likeness (QED) is 0.373. The highest BCUT2D eigenvalue weighted by Crippen LogP contribution is 2.32. The monoisotopic (exact) mass is 438 g/mol. The molecule has 0 unspecified atom stereocenters. The fourth-order valence-electron chi connectivity index (χ4n) is 3.94. The average molecular weight is 439 g/mol. The van der Waals surface area contributed by atoms with Gasteiger partial charge in [-0.25, -0.2) is 4.98 Å². The van der Waals surface area contributed by atoms with Crippen LogP contribution in [-0.4, -0.2) is 28.9 Å². The first-order valence-corrected chi connectivity index (χ1v) is 11.6. The zero-order chi connectivity index (χ0) is 21.8. The first kappa shape index (κ1) is 21.2. The van der Waals surface area contributed by atoms with Gasteiger partial charge in [0.25, 0.3) is 11.6 Å². The summed E-state index contributed by atoms with van der Waals surface area (Å²) in [7, 11) is 0. The fourth-order valence-corrected chi connectivity index (χ4v) is 4.87. The summed E-state index contributed by atoms with van der Waals surface area (Å²) in [6, 6.07) is 10.9. The second kappa shape index (κ2) is 9.43. The third-order valence-electron chi connectivity index (χ3n) is 5.62. The van der Waals surface area contributed by atoms with Crippen molar-refractivity contribution in [3.05, 3.63) is 57.6 Å². The Labute approximate surface area is 185 Å². The summed E-state index contributed by atoms with van der Waals surface area (Å²) in [6.07, 6.45) is 6.51. The van der Waals surface area contributed by atoms with Gasteiger partial charge in [0, 0.05) is 24.7 Å². The Morgan fingerprint density at radius 2 is 2.00 bits per heavy atom. The van der Waals surface area contributed by atoms with Crippen molar-refractivity contribution in [1.29, 1.82) is 0 Å². The lowest BCUT2D eigenvalue weighted by atomic mass is 10.1. The van der Waals surface area contributed by atoms with Crippen LogP contribution in [0.1, 0.15) is 54.9 Å². The van der Waals surface area contributed by atoms with Gasteiger partial charge >= 0.3 is 0 Å². The number of rotatable bonds is 7. The van der Waals surface area contributed by atoms with Crippen LogP contribution in [-0.2, 0) is 6.42 Å². The average Bonchev–Trinajstić information content (AvgIpc) is 3.19. The second-order valence-electron chi connectivity index (χ2n) is 7.89. The Morgan fingerprint density at radius 1 is 1.19 bits per heavy atom. The Bertz CT molecular complexity index is 1110. The van der Waals surface area contributed by atoms with Crippen LogP contribution in [0.4, 0.5) is 16.5 Å². The number of benzene rings is 2. The highest BCUT2D eigenvalue weighted by atomic mass is 32.1. The molecule has 31 heavy (non-hydrogen) atoms. The van der Waals surface area contributed by atoms with Crippen LogP contribution < -0.4 is 10.2 Å². The van der Waals surface area contributed by atoms with Crippen LogP contribution in [0.15, 0.2) is 36.4 Å². The fraction of sp³-hybridized carbons (Fsp3) is 0.391. The molecule has 4 rings (SSSR count). The molecular formula is C23H26N4O3S. The number of carbonyl (C=O) groups is 1. The number of nitro benzene ring substituents is 1. The van der Waals surface area contributed by atoms with Gasteiger partial charge in [0.15, 0.2) is 5.13 Å². The molecule has 1 fully saturated rings. The summed E-state index contributed by atoms with van der Waals surface area (Å²) < 4.78 is 1.02. The number of aromatic nitrogens is 1. The van der Waals surface area contributed by atoms with E-state index in [9.17, 15) is 14.9 Å².